The van der Waals surface area contributed by atoms with Crippen molar-refractivity contribution in [2.45, 2.75) is 13.0 Å². The zero-order valence-corrected chi connectivity index (χ0v) is 7.04. The maximum Gasteiger partial charge on any atom is 0.282 e. The minimum Gasteiger partial charge on any atom is -0.396 e. The van der Waals surface area contributed by atoms with Gasteiger partial charge >= 0.3 is 0 Å². The molecule has 0 aliphatic carbocycles. The third-order valence-corrected chi connectivity index (χ3v) is 1.63. The van der Waals surface area contributed by atoms with Crippen molar-refractivity contribution in [3.8, 4) is 6.07 Å². The number of pyridine rings is 1. The summed E-state index contributed by atoms with van der Waals surface area (Å²) in [6.45, 7) is -0.505. The summed E-state index contributed by atoms with van der Waals surface area (Å²) < 4.78 is 24.7. The van der Waals surface area contributed by atoms with E-state index < -0.39 is 18.7 Å². The van der Waals surface area contributed by atoms with E-state index in [4.69, 9.17) is 16.1 Å². The van der Waals surface area contributed by atoms with Crippen LogP contribution in [0.5, 0.6) is 0 Å². The number of hydrogen-bond donors (Lipinski definition) is 2. The van der Waals surface area contributed by atoms with Gasteiger partial charge in [0.25, 0.3) is 6.43 Å². The normalized spacial score (nSPS) is 10.2. The Kier molecular flexibility index (Phi) is 2.94. The van der Waals surface area contributed by atoms with E-state index >= 15 is 0 Å². The van der Waals surface area contributed by atoms with Gasteiger partial charge in [-0.3, -0.25) is 0 Å². The van der Waals surface area contributed by atoms with E-state index in [1.807, 2.05) is 0 Å². The third kappa shape index (κ3) is 1.78. The summed E-state index contributed by atoms with van der Waals surface area (Å²) in [7, 11) is 0. The zero-order valence-electron chi connectivity index (χ0n) is 7.04. The lowest BCUT2D eigenvalue weighted by Crippen LogP contribution is -2.04. The maximum absolute atomic E-state index is 12.3. The second-order valence-corrected chi connectivity index (χ2v) is 2.53. The first kappa shape index (κ1) is 10.3. The van der Waals surface area contributed by atoms with Gasteiger partial charge in [0.15, 0.2) is 0 Å². The van der Waals surface area contributed by atoms with E-state index in [0.29, 0.717) is 0 Å². The minimum atomic E-state index is -2.85. The zero-order chi connectivity index (χ0) is 10.7. The predicted molar refractivity (Wildman–Crippen MR) is 44.2 cm³/mol. The van der Waals surface area contributed by atoms with Crippen LogP contribution < -0.4 is 5.73 Å². The molecule has 0 amide bonds. The Labute approximate surface area is 78.6 Å². The molecule has 1 rings (SSSR count). The summed E-state index contributed by atoms with van der Waals surface area (Å²) in [5.74, 6) is 0. The first-order valence-electron chi connectivity index (χ1n) is 3.68. The number of aliphatic hydroxyl groups is 1. The summed E-state index contributed by atoms with van der Waals surface area (Å²) in [5, 5.41) is 17.3. The van der Waals surface area contributed by atoms with Crippen molar-refractivity contribution < 1.29 is 13.9 Å². The number of nitriles is 1. The highest BCUT2D eigenvalue weighted by molar-refractivity contribution is 5.57. The molecule has 0 saturated carbocycles. The average molecular weight is 199 g/mol. The Balaban J connectivity index is 3.36. The maximum atomic E-state index is 12.3. The molecule has 0 aromatic carbocycles. The van der Waals surface area contributed by atoms with Gasteiger partial charge in [-0.1, -0.05) is 0 Å². The summed E-state index contributed by atoms with van der Waals surface area (Å²) in [6, 6.07) is 2.84. The molecular weight excluding hydrogens is 192 g/mol. The standard InChI is InChI=1S/C8H7F2N3O/c9-8(10)7-6(12)4(2-11)1-5(3-14)13-7/h1,8,14H,3,12H2. The quantitative estimate of drug-likeness (QED) is 0.743. The number of rotatable bonds is 2. The van der Waals surface area contributed by atoms with Gasteiger partial charge in [-0.05, 0) is 6.07 Å². The van der Waals surface area contributed by atoms with E-state index in [1.54, 1.807) is 6.07 Å². The molecule has 1 aromatic heterocycles. The molecule has 74 valence electrons. The number of aromatic nitrogens is 1. The lowest BCUT2D eigenvalue weighted by atomic mass is 10.1. The number of aliphatic hydroxyl groups excluding tert-OH is 1. The van der Waals surface area contributed by atoms with Gasteiger partial charge in [0.2, 0.25) is 0 Å². The molecule has 0 saturated heterocycles. The molecule has 14 heavy (non-hydrogen) atoms. The van der Waals surface area contributed by atoms with Crippen molar-refractivity contribution in [3.05, 3.63) is 23.0 Å². The summed E-state index contributed by atoms with van der Waals surface area (Å²) >= 11 is 0. The Bertz CT molecular complexity index is 387. The fourth-order valence-electron chi connectivity index (χ4n) is 0.969. The van der Waals surface area contributed by atoms with Crippen molar-refractivity contribution >= 4 is 5.69 Å². The molecule has 0 unspecified atom stereocenters. The Hall–Kier alpha value is -1.74. The van der Waals surface area contributed by atoms with Crippen LogP contribution in [0, 0.1) is 11.3 Å². The van der Waals surface area contributed by atoms with Gasteiger partial charge in [0.1, 0.15) is 11.8 Å². The largest absolute Gasteiger partial charge is 0.396 e. The fraction of sp³-hybridized carbons (Fsp3) is 0.250. The van der Waals surface area contributed by atoms with E-state index in [-0.39, 0.29) is 16.9 Å². The summed E-state index contributed by atoms with van der Waals surface area (Å²) in [4.78, 5) is 3.42. The number of anilines is 1. The van der Waals surface area contributed by atoms with E-state index in [2.05, 4.69) is 4.98 Å². The monoisotopic (exact) mass is 199 g/mol. The first-order chi connectivity index (χ1) is 6.60. The summed E-state index contributed by atoms with van der Waals surface area (Å²) in [6.07, 6.45) is -2.85. The number of hydrogen-bond acceptors (Lipinski definition) is 4. The fourth-order valence-corrected chi connectivity index (χ4v) is 0.969. The van der Waals surface area contributed by atoms with Gasteiger partial charge in [-0.25, -0.2) is 13.8 Å². The van der Waals surface area contributed by atoms with Crippen LogP contribution in [0.4, 0.5) is 14.5 Å². The van der Waals surface area contributed by atoms with E-state index in [9.17, 15) is 8.78 Å². The number of nitrogen functional groups attached to an aromatic ring is 1. The molecule has 0 spiro atoms. The predicted octanol–water partition coefficient (Wildman–Crippen LogP) is 0.965. The number of halogens is 2. The second-order valence-electron chi connectivity index (χ2n) is 2.53. The second kappa shape index (κ2) is 3.98. The van der Waals surface area contributed by atoms with Crippen LogP contribution in [0.1, 0.15) is 23.4 Å². The molecule has 0 radical (unpaired) electrons. The number of alkyl halides is 2. The van der Waals surface area contributed by atoms with Crippen molar-refractivity contribution in [3.63, 3.8) is 0 Å². The smallest absolute Gasteiger partial charge is 0.282 e. The van der Waals surface area contributed by atoms with E-state index in [0.717, 1.165) is 0 Å². The molecule has 0 fully saturated rings. The average Bonchev–Trinajstić information content (AvgIpc) is 2.17. The molecule has 0 aliphatic heterocycles. The third-order valence-electron chi connectivity index (χ3n) is 1.63. The highest BCUT2D eigenvalue weighted by Crippen LogP contribution is 2.26. The highest BCUT2D eigenvalue weighted by Gasteiger charge is 2.17. The molecule has 0 bridgehead atoms. The first-order valence-corrected chi connectivity index (χ1v) is 3.68. The van der Waals surface area contributed by atoms with Crippen molar-refractivity contribution in [1.29, 1.82) is 5.26 Å². The van der Waals surface area contributed by atoms with Gasteiger partial charge < -0.3 is 10.8 Å². The van der Waals surface area contributed by atoms with Gasteiger partial charge in [0.05, 0.1) is 23.6 Å². The molecule has 1 aromatic rings. The number of nitrogens with two attached hydrogens (primary N) is 1. The molecule has 0 aliphatic rings. The lowest BCUT2D eigenvalue weighted by Gasteiger charge is -2.07. The molecule has 1 heterocycles. The summed E-state index contributed by atoms with van der Waals surface area (Å²) in [5.41, 5.74) is 4.19. The Morgan fingerprint density at radius 3 is 2.71 bits per heavy atom. The molecule has 4 nitrogen and oxygen atoms in total. The van der Waals surface area contributed by atoms with Crippen molar-refractivity contribution in [1.82, 2.24) is 4.98 Å². The van der Waals surface area contributed by atoms with E-state index in [1.165, 1.54) is 6.07 Å². The van der Waals surface area contributed by atoms with Crippen LogP contribution >= 0.6 is 0 Å². The van der Waals surface area contributed by atoms with Gasteiger partial charge in [-0.15, -0.1) is 0 Å². The Morgan fingerprint density at radius 2 is 2.29 bits per heavy atom. The minimum absolute atomic E-state index is 0.00560. The molecule has 3 N–H and O–H groups in total. The van der Waals surface area contributed by atoms with Crippen molar-refractivity contribution in [2.75, 3.05) is 5.73 Å². The van der Waals surface area contributed by atoms with Crippen LogP contribution in [0.2, 0.25) is 0 Å². The van der Waals surface area contributed by atoms with Crippen molar-refractivity contribution in [2.24, 2.45) is 0 Å². The molecule has 0 atom stereocenters. The molecular formula is C8H7F2N3O. The topological polar surface area (TPSA) is 82.9 Å². The van der Waals surface area contributed by atoms with Gasteiger partial charge in [-0.2, -0.15) is 5.26 Å². The van der Waals surface area contributed by atoms with Crippen LogP contribution in [-0.4, -0.2) is 10.1 Å². The van der Waals surface area contributed by atoms with Crippen LogP contribution in [-0.2, 0) is 6.61 Å². The molecule has 6 heteroatoms. The van der Waals surface area contributed by atoms with Gasteiger partial charge in [0, 0.05) is 0 Å². The van der Waals surface area contributed by atoms with Crippen LogP contribution in [0.25, 0.3) is 0 Å². The van der Waals surface area contributed by atoms with Crippen LogP contribution in [0.15, 0.2) is 6.07 Å². The lowest BCUT2D eigenvalue weighted by molar-refractivity contribution is 0.146. The van der Waals surface area contributed by atoms with Crippen LogP contribution in [0.3, 0.4) is 0 Å². The SMILES string of the molecule is N#Cc1cc(CO)nc(C(F)F)c1N. The Morgan fingerprint density at radius 1 is 1.64 bits per heavy atom. The number of nitrogens with zero attached hydrogens (tertiary/aromatic N) is 2. The highest BCUT2D eigenvalue weighted by atomic mass is 19.3.